The lowest BCUT2D eigenvalue weighted by Gasteiger charge is -2.19. The molecule has 0 aliphatic rings. The Morgan fingerprint density at radius 2 is 2.16 bits per heavy atom. The Morgan fingerprint density at radius 1 is 1.42 bits per heavy atom. The Hall–Kier alpha value is -1.86. The molecule has 0 aliphatic heterocycles. The third-order valence-electron chi connectivity index (χ3n) is 2.85. The first-order valence-corrected chi connectivity index (χ1v) is 7.16. The second kappa shape index (κ2) is 5.02. The van der Waals surface area contributed by atoms with E-state index in [-0.39, 0.29) is 4.90 Å². The second-order valence-electron chi connectivity index (χ2n) is 4.20. The fourth-order valence-electron chi connectivity index (χ4n) is 1.71. The number of aromatic nitrogens is 2. The lowest BCUT2D eigenvalue weighted by molar-refractivity contribution is 0.594. The summed E-state index contributed by atoms with van der Waals surface area (Å²) in [4.78, 5) is 0.163. The van der Waals surface area contributed by atoms with Crippen LogP contribution in [0, 0.1) is 0 Å². The molecular formula is C12H16N4O2S. The van der Waals surface area contributed by atoms with Crippen LogP contribution in [0.5, 0.6) is 0 Å². The Labute approximate surface area is 112 Å². The highest BCUT2D eigenvalue weighted by Gasteiger charge is 2.22. The summed E-state index contributed by atoms with van der Waals surface area (Å²) in [5.74, 6) is 0. The summed E-state index contributed by atoms with van der Waals surface area (Å²) in [6, 6.07) is 7.13. The van der Waals surface area contributed by atoms with Crippen LogP contribution in [0.1, 0.15) is 5.56 Å². The lowest BCUT2D eigenvalue weighted by Crippen LogP contribution is -2.26. The molecule has 0 aliphatic carbocycles. The van der Waals surface area contributed by atoms with Crippen molar-refractivity contribution < 1.29 is 8.42 Å². The molecular weight excluding hydrogens is 264 g/mol. The quantitative estimate of drug-likeness (QED) is 0.894. The van der Waals surface area contributed by atoms with Crippen molar-refractivity contribution in [1.29, 1.82) is 0 Å². The van der Waals surface area contributed by atoms with Gasteiger partial charge in [0.05, 0.1) is 11.9 Å². The molecule has 0 bridgehead atoms. The summed E-state index contributed by atoms with van der Waals surface area (Å²) in [6.45, 7) is 0.370. The molecule has 2 N–H and O–H groups in total. The summed E-state index contributed by atoms with van der Waals surface area (Å²) in [6.07, 6.45) is 2.80. The molecule has 102 valence electrons. The molecule has 2 rings (SSSR count). The topological polar surface area (TPSA) is 81.2 Å². The van der Waals surface area contributed by atoms with Crippen molar-refractivity contribution in [3.8, 4) is 0 Å². The van der Waals surface area contributed by atoms with E-state index in [1.165, 1.54) is 28.4 Å². The van der Waals surface area contributed by atoms with Gasteiger partial charge in [-0.2, -0.15) is 5.10 Å². The fourth-order valence-corrected chi connectivity index (χ4v) is 2.88. The van der Waals surface area contributed by atoms with Gasteiger partial charge in [0.2, 0.25) is 0 Å². The highest BCUT2D eigenvalue weighted by Crippen LogP contribution is 2.22. The average Bonchev–Trinajstić information content (AvgIpc) is 2.85. The van der Waals surface area contributed by atoms with Gasteiger partial charge in [-0.3, -0.25) is 8.99 Å². The first-order chi connectivity index (χ1) is 8.95. The van der Waals surface area contributed by atoms with Crippen LogP contribution in [-0.4, -0.2) is 25.2 Å². The maximum atomic E-state index is 12.4. The van der Waals surface area contributed by atoms with E-state index >= 15 is 0 Å². The lowest BCUT2D eigenvalue weighted by atomic mass is 10.2. The van der Waals surface area contributed by atoms with Crippen molar-refractivity contribution in [2.45, 2.75) is 11.4 Å². The predicted molar refractivity (Wildman–Crippen MR) is 73.1 cm³/mol. The molecule has 0 unspecified atom stereocenters. The minimum Gasteiger partial charge on any atom is -0.326 e. The second-order valence-corrected chi connectivity index (χ2v) is 6.17. The van der Waals surface area contributed by atoms with Gasteiger partial charge in [0, 0.05) is 26.8 Å². The summed E-state index contributed by atoms with van der Waals surface area (Å²) in [7, 11) is -0.400. The number of hydrogen-bond acceptors (Lipinski definition) is 4. The van der Waals surface area contributed by atoms with Crippen molar-refractivity contribution in [3.63, 3.8) is 0 Å². The van der Waals surface area contributed by atoms with Crippen LogP contribution < -0.4 is 10.0 Å². The molecule has 0 radical (unpaired) electrons. The van der Waals surface area contributed by atoms with Crippen LogP contribution >= 0.6 is 0 Å². The Morgan fingerprint density at radius 3 is 2.74 bits per heavy atom. The summed E-state index contributed by atoms with van der Waals surface area (Å²) >= 11 is 0. The largest absolute Gasteiger partial charge is 0.326 e. The molecule has 2 aromatic rings. The highest BCUT2D eigenvalue weighted by atomic mass is 32.2. The zero-order valence-electron chi connectivity index (χ0n) is 10.8. The minimum atomic E-state index is -3.59. The maximum Gasteiger partial charge on any atom is 0.267 e. The molecule has 0 amide bonds. The third kappa shape index (κ3) is 2.61. The smallest absolute Gasteiger partial charge is 0.267 e. The molecule has 6 nitrogen and oxygen atoms in total. The maximum absolute atomic E-state index is 12.4. The normalized spacial score (nSPS) is 11.5. The van der Waals surface area contributed by atoms with Crippen molar-refractivity contribution in [2.24, 2.45) is 12.8 Å². The van der Waals surface area contributed by atoms with Gasteiger partial charge in [-0.25, -0.2) is 8.42 Å². The Balaban J connectivity index is 2.40. The standard InChI is InChI=1S/C12H16N4O2S/c1-15-9-12(8-14-15)19(17,18)16(2)11-5-3-4-10(6-11)7-13/h3-6,8-9H,7,13H2,1-2H3. The molecule has 0 atom stereocenters. The van der Waals surface area contributed by atoms with Crippen LogP contribution in [0.15, 0.2) is 41.6 Å². The van der Waals surface area contributed by atoms with Crippen molar-refractivity contribution in [2.75, 3.05) is 11.4 Å². The van der Waals surface area contributed by atoms with Gasteiger partial charge in [0.25, 0.3) is 10.0 Å². The first kappa shape index (κ1) is 13.6. The van der Waals surface area contributed by atoms with E-state index in [2.05, 4.69) is 5.10 Å². The fraction of sp³-hybridized carbons (Fsp3) is 0.250. The number of aryl methyl sites for hydroxylation is 1. The molecule has 7 heteroatoms. The Kier molecular flexibility index (Phi) is 3.59. The van der Waals surface area contributed by atoms with Crippen molar-refractivity contribution in [3.05, 3.63) is 42.2 Å². The summed E-state index contributed by atoms with van der Waals surface area (Å²) in [5, 5.41) is 3.88. The van der Waals surface area contributed by atoms with E-state index in [1.54, 1.807) is 25.2 Å². The average molecular weight is 280 g/mol. The number of anilines is 1. The number of nitrogens with two attached hydrogens (primary N) is 1. The zero-order valence-corrected chi connectivity index (χ0v) is 11.6. The van der Waals surface area contributed by atoms with Gasteiger partial charge in [-0.05, 0) is 17.7 Å². The van der Waals surface area contributed by atoms with Crippen LogP contribution in [0.2, 0.25) is 0 Å². The Bertz CT molecular complexity index is 679. The van der Waals surface area contributed by atoms with Gasteiger partial charge in [-0.15, -0.1) is 0 Å². The van der Waals surface area contributed by atoms with Crippen LogP contribution in [0.3, 0.4) is 0 Å². The number of benzene rings is 1. The number of hydrogen-bond donors (Lipinski definition) is 1. The van der Waals surface area contributed by atoms with Crippen molar-refractivity contribution >= 4 is 15.7 Å². The summed E-state index contributed by atoms with van der Waals surface area (Å²) in [5.41, 5.74) is 7.02. The van der Waals surface area contributed by atoms with E-state index in [0.717, 1.165) is 5.56 Å². The van der Waals surface area contributed by atoms with Gasteiger partial charge < -0.3 is 5.73 Å². The van der Waals surface area contributed by atoms with E-state index in [9.17, 15) is 8.42 Å². The van der Waals surface area contributed by atoms with E-state index in [4.69, 9.17) is 5.73 Å². The summed E-state index contributed by atoms with van der Waals surface area (Å²) < 4.78 is 27.5. The van der Waals surface area contributed by atoms with Gasteiger partial charge in [-0.1, -0.05) is 12.1 Å². The zero-order chi connectivity index (χ0) is 14.0. The van der Waals surface area contributed by atoms with E-state index < -0.39 is 10.0 Å². The predicted octanol–water partition coefficient (Wildman–Crippen LogP) is 0.704. The van der Waals surface area contributed by atoms with Crippen LogP contribution in [0.25, 0.3) is 0 Å². The van der Waals surface area contributed by atoms with Crippen LogP contribution in [0.4, 0.5) is 5.69 Å². The number of rotatable bonds is 4. The molecule has 0 spiro atoms. The van der Waals surface area contributed by atoms with Gasteiger partial charge in [0.1, 0.15) is 4.90 Å². The first-order valence-electron chi connectivity index (χ1n) is 5.71. The molecule has 1 aromatic heterocycles. The molecule has 19 heavy (non-hydrogen) atoms. The highest BCUT2D eigenvalue weighted by molar-refractivity contribution is 7.92. The number of sulfonamides is 1. The van der Waals surface area contributed by atoms with Gasteiger partial charge >= 0.3 is 0 Å². The molecule has 0 saturated heterocycles. The third-order valence-corrected chi connectivity index (χ3v) is 4.59. The van der Waals surface area contributed by atoms with Crippen molar-refractivity contribution in [1.82, 2.24) is 9.78 Å². The monoisotopic (exact) mass is 280 g/mol. The minimum absolute atomic E-state index is 0.163. The molecule has 1 heterocycles. The molecule has 1 aromatic carbocycles. The van der Waals surface area contributed by atoms with Gasteiger partial charge in [0.15, 0.2) is 0 Å². The van der Waals surface area contributed by atoms with Crippen LogP contribution in [-0.2, 0) is 23.6 Å². The van der Waals surface area contributed by atoms with E-state index in [1.807, 2.05) is 6.07 Å². The van der Waals surface area contributed by atoms with E-state index in [0.29, 0.717) is 12.2 Å². The SMILES string of the molecule is CN(c1cccc(CN)c1)S(=O)(=O)c1cnn(C)c1. The molecule has 0 fully saturated rings. The molecule has 0 saturated carbocycles. The number of nitrogens with zero attached hydrogens (tertiary/aromatic N) is 3.